The third-order valence-electron chi connectivity index (χ3n) is 5.06. The zero-order chi connectivity index (χ0) is 21.8. The number of nitrogens with one attached hydrogen (secondary N) is 1. The molecular weight excluding hydrogens is 436 g/mol. The fourth-order valence-electron chi connectivity index (χ4n) is 3.53. The van der Waals surface area contributed by atoms with Crippen molar-refractivity contribution in [3.63, 3.8) is 0 Å². The molecule has 31 heavy (non-hydrogen) atoms. The number of hydrogen-bond donors (Lipinski definition) is 1. The third kappa shape index (κ3) is 4.76. The van der Waals surface area contributed by atoms with Gasteiger partial charge in [-0.2, -0.15) is 4.31 Å². The van der Waals surface area contributed by atoms with E-state index in [0.29, 0.717) is 30.8 Å². The van der Waals surface area contributed by atoms with Gasteiger partial charge >= 0.3 is 0 Å². The van der Waals surface area contributed by atoms with Crippen molar-refractivity contribution < 1.29 is 17.7 Å². The fraction of sp³-hybridized carbons (Fsp3) is 0.286. The van der Waals surface area contributed by atoms with Crippen LogP contribution in [0.25, 0.3) is 12.2 Å². The molecule has 1 amide bonds. The summed E-state index contributed by atoms with van der Waals surface area (Å²) in [6.07, 6.45) is 7.80. The third-order valence-corrected chi connectivity index (χ3v) is 7.92. The molecule has 0 aliphatic carbocycles. The predicted octanol–water partition coefficient (Wildman–Crippen LogP) is 3.65. The van der Waals surface area contributed by atoms with Crippen molar-refractivity contribution in [2.75, 3.05) is 18.4 Å². The summed E-state index contributed by atoms with van der Waals surface area (Å²) in [5.41, 5.74) is 0.885. The summed E-state index contributed by atoms with van der Waals surface area (Å²) in [5, 5.41) is 8.62. The number of aryl methyl sites for hydroxylation is 1. The van der Waals surface area contributed by atoms with Crippen LogP contribution in [0.1, 0.15) is 29.2 Å². The highest BCUT2D eigenvalue weighted by Crippen LogP contribution is 2.30. The molecule has 1 saturated heterocycles. The standard InChI is InChI=1S/C21H22N4O4S2/c1-15-20(19(29-24-15)9-8-18-7-4-12-30-18)31(27,28)25-11-3-5-16(14-25)21(26)23-17-6-2-10-22-13-17/h2,4,6-10,12-13,16H,3,5,11,14H2,1H3,(H,23,26). The van der Waals surface area contributed by atoms with E-state index < -0.39 is 15.9 Å². The monoisotopic (exact) mass is 458 g/mol. The molecule has 0 spiro atoms. The number of piperidine rings is 1. The molecular formula is C21H22N4O4S2. The normalized spacial score (nSPS) is 17.8. The molecule has 0 saturated carbocycles. The van der Waals surface area contributed by atoms with Gasteiger partial charge < -0.3 is 9.84 Å². The van der Waals surface area contributed by atoms with Gasteiger partial charge in [0.2, 0.25) is 15.9 Å². The number of hydrogen-bond acceptors (Lipinski definition) is 7. The second-order valence-corrected chi connectivity index (χ2v) is 10.1. The molecule has 1 N–H and O–H groups in total. The molecule has 1 fully saturated rings. The Morgan fingerprint density at radius 1 is 1.32 bits per heavy atom. The van der Waals surface area contributed by atoms with Crippen molar-refractivity contribution in [3.8, 4) is 0 Å². The number of anilines is 1. The van der Waals surface area contributed by atoms with Crippen molar-refractivity contribution in [2.24, 2.45) is 5.92 Å². The van der Waals surface area contributed by atoms with Gasteiger partial charge in [0, 0.05) is 24.2 Å². The fourth-order valence-corrected chi connectivity index (χ4v) is 5.92. The lowest BCUT2D eigenvalue weighted by atomic mass is 9.99. The molecule has 1 aliphatic rings. The topological polar surface area (TPSA) is 105 Å². The van der Waals surface area contributed by atoms with Crippen LogP contribution in [0.15, 0.2) is 51.5 Å². The van der Waals surface area contributed by atoms with Crippen LogP contribution < -0.4 is 5.32 Å². The molecule has 8 nitrogen and oxygen atoms in total. The van der Waals surface area contributed by atoms with E-state index in [4.69, 9.17) is 4.52 Å². The lowest BCUT2D eigenvalue weighted by Crippen LogP contribution is -2.43. The number of rotatable bonds is 6. The molecule has 0 aromatic carbocycles. The van der Waals surface area contributed by atoms with Gasteiger partial charge in [-0.05, 0) is 55.5 Å². The van der Waals surface area contributed by atoms with Crippen molar-refractivity contribution >= 4 is 45.1 Å². The van der Waals surface area contributed by atoms with E-state index in [-0.39, 0.29) is 23.1 Å². The lowest BCUT2D eigenvalue weighted by Gasteiger charge is -2.31. The van der Waals surface area contributed by atoms with Crippen LogP contribution in [0.4, 0.5) is 5.69 Å². The average Bonchev–Trinajstić information content (AvgIpc) is 3.42. The maximum absolute atomic E-state index is 13.4. The minimum atomic E-state index is -3.87. The Morgan fingerprint density at radius 2 is 2.19 bits per heavy atom. The van der Waals surface area contributed by atoms with Gasteiger partial charge in [-0.3, -0.25) is 9.78 Å². The number of nitrogens with zero attached hydrogens (tertiary/aromatic N) is 3. The predicted molar refractivity (Wildman–Crippen MR) is 119 cm³/mol. The van der Waals surface area contributed by atoms with Crippen molar-refractivity contribution in [1.29, 1.82) is 0 Å². The minimum Gasteiger partial charge on any atom is -0.355 e. The van der Waals surface area contributed by atoms with E-state index in [0.717, 1.165) is 4.88 Å². The van der Waals surface area contributed by atoms with E-state index in [9.17, 15) is 13.2 Å². The van der Waals surface area contributed by atoms with E-state index in [1.807, 2.05) is 17.5 Å². The average molecular weight is 459 g/mol. The van der Waals surface area contributed by atoms with Crippen LogP contribution >= 0.6 is 11.3 Å². The zero-order valence-electron chi connectivity index (χ0n) is 16.9. The second kappa shape index (κ2) is 9.13. The quantitative estimate of drug-likeness (QED) is 0.604. The van der Waals surface area contributed by atoms with Crippen LogP contribution in [0, 0.1) is 12.8 Å². The highest BCUT2D eigenvalue weighted by molar-refractivity contribution is 7.89. The summed E-state index contributed by atoms with van der Waals surface area (Å²) in [4.78, 5) is 17.7. The first-order valence-corrected chi connectivity index (χ1v) is 12.2. The highest BCUT2D eigenvalue weighted by atomic mass is 32.2. The van der Waals surface area contributed by atoms with E-state index in [2.05, 4.69) is 15.5 Å². The Kier molecular flexibility index (Phi) is 6.30. The minimum absolute atomic E-state index is 0.0497. The van der Waals surface area contributed by atoms with Crippen LogP contribution in [0.2, 0.25) is 0 Å². The first-order valence-electron chi connectivity index (χ1n) is 9.84. The number of carbonyl (C=O) groups is 1. The molecule has 1 atom stereocenters. The van der Waals surface area contributed by atoms with Crippen LogP contribution in [0.3, 0.4) is 0 Å². The lowest BCUT2D eigenvalue weighted by molar-refractivity contribution is -0.120. The molecule has 0 bridgehead atoms. The van der Waals surface area contributed by atoms with Gasteiger partial charge in [0.05, 0.1) is 17.8 Å². The van der Waals surface area contributed by atoms with Gasteiger partial charge in [0.25, 0.3) is 0 Å². The molecule has 1 aliphatic heterocycles. The summed E-state index contributed by atoms with van der Waals surface area (Å²) in [6, 6.07) is 7.31. The van der Waals surface area contributed by atoms with Gasteiger partial charge in [0.1, 0.15) is 5.69 Å². The summed E-state index contributed by atoms with van der Waals surface area (Å²) in [6.45, 7) is 2.06. The van der Waals surface area contributed by atoms with Crippen LogP contribution in [-0.2, 0) is 14.8 Å². The highest BCUT2D eigenvalue weighted by Gasteiger charge is 2.36. The largest absolute Gasteiger partial charge is 0.355 e. The maximum Gasteiger partial charge on any atom is 0.248 e. The maximum atomic E-state index is 13.4. The first-order chi connectivity index (χ1) is 14.9. The summed E-state index contributed by atoms with van der Waals surface area (Å²) in [5.74, 6) is -0.477. The Balaban J connectivity index is 1.53. The first kappa shape index (κ1) is 21.4. The molecule has 162 valence electrons. The van der Waals surface area contributed by atoms with Gasteiger partial charge in [0.15, 0.2) is 10.7 Å². The Labute approximate surface area is 184 Å². The van der Waals surface area contributed by atoms with Crippen LogP contribution in [-0.4, -0.2) is 41.9 Å². The Bertz CT molecular complexity index is 1170. The SMILES string of the molecule is Cc1noc(C=Cc2cccs2)c1S(=O)(=O)N1CCCC(C(=O)Nc2cccnc2)C1. The summed E-state index contributed by atoms with van der Waals surface area (Å²) < 4.78 is 33.5. The molecule has 1 unspecified atom stereocenters. The molecule has 10 heteroatoms. The number of amides is 1. The van der Waals surface area contributed by atoms with Crippen molar-refractivity contribution in [3.05, 3.63) is 58.4 Å². The van der Waals surface area contributed by atoms with E-state index in [1.165, 1.54) is 15.6 Å². The molecule has 0 radical (unpaired) electrons. The second-order valence-electron chi connectivity index (χ2n) is 7.24. The van der Waals surface area contributed by atoms with Gasteiger partial charge in [-0.15, -0.1) is 11.3 Å². The summed E-state index contributed by atoms with van der Waals surface area (Å²) >= 11 is 1.54. The Hall–Kier alpha value is -2.82. The smallest absolute Gasteiger partial charge is 0.248 e. The van der Waals surface area contributed by atoms with Crippen molar-refractivity contribution in [2.45, 2.75) is 24.7 Å². The number of carbonyl (C=O) groups excluding carboxylic acids is 1. The number of aromatic nitrogens is 2. The van der Waals surface area contributed by atoms with Gasteiger partial charge in [-0.1, -0.05) is 11.2 Å². The number of pyridine rings is 1. The number of thiophene rings is 1. The number of sulfonamides is 1. The molecule has 3 aromatic heterocycles. The molecule has 4 rings (SSSR count). The van der Waals surface area contributed by atoms with Gasteiger partial charge in [-0.25, -0.2) is 8.42 Å². The van der Waals surface area contributed by atoms with E-state index in [1.54, 1.807) is 43.6 Å². The van der Waals surface area contributed by atoms with E-state index >= 15 is 0 Å². The summed E-state index contributed by atoms with van der Waals surface area (Å²) in [7, 11) is -3.87. The zero-order valence-corrected chi connectivity index (χ0v) is 18.5. The molecule has 4 heterocycles. The van der Waals surface area contributed by atoms with Crippen molar-refractivity contribution in [1.82, 2.24) is 14.4 Å². The van der Waals surface area contributed by atoms with Crippen LogP contribution in [0.5, 0.6) is 0 Å². The molecule has 3 aromatic rings. The Morgan fingerprint density at radius 3 is 2.94 bits per heavy atom.